The van der Waals surface area contributed by atoms with Gasteiger partial charge in [0, 0.05) is 25.2 Å². The summed E-state index contributed by atoms with van der Waals surface area (Å²) >= 11 is 0. The van der Waals surface area contributed by atoms with Crippen LogP contribution in [0.25, 0.3) is 6.08 Å². The molecule has 2 aliphatic heterocycles. The standard InChI is InChI=1S/C17H20N4O3/c1-23-14-2-3-15-13(7-14)6-12(11-24-15)8-20-4-5-21-16(9-20)18-19-17(21)10-22/h2-3,6-7,22H,4-5,8-11H2,1H3. The molecule has 0 saturated carbocycles. The summed E-state index contributed by atoms with van der Waals surface area (Å²) in [6.45, 7) is 3.80. The van der Waals surface area contributed by atoms with Gasteiger partial charge in [-0.25, -0.2) is 0 Å². The first-order chi connectivity index (χ1) is 11.8. The average Bonchev–Trinajstić information content (AvgIpc) is 3.03. The average molecular weight is 328 g/mol. The molecule has 1 N–H and O–H groups in total. The van der Waals surface area contributed by atoms with Gasteiger partial charge in [0.15, 0.2) is 5.82 Å². The highest BCUT2D eigenvalue weighted by molar-refractivity contribution is 5.64. The minimum absolute atomic E-state index is 0.0649. The first-order valence-electron chi connectivity index (χ1n) is 8.01. The van der Waals surface area contributed by atoms with E-state index in [-0.39, 0.29) is 6.61 Å². The van der Waals surface area contributed by atoms with Gasteiger partial charge in [0.1, 0.15) is 30.5 Å². The van der Waals surface area contributed by atoms with E-state index in [1.807, 2.05) is 22.8 Å². The molecule has 2 aromatic rings. The molecule has 4 rings (SSSR count). The Morgan fingerprint density at radius 1 is 1.29 bits per heavy atom. The van der Waals surface area contributed by atoms with Crippen LogP contribution in [0.15, 0.2) is 23.8 Å². The SMILES string of the molecule is COc1ccc2c(c1)C=C(CN1CCn3c(CO)nnc3C1)CO2. The van der Waals surface area contributed by atoms with E-state index in [1.165, 1.54) is 5.57 Å². The minimum Gasteiger partial charge on any atom is -0.497 e. The third-order valence-electron chi connectivity index (χ3n) is 4.47. The van der Waals surface area contributed by atoms with Gasteiger partial charge < -0.3 is 19.1 Å². The van der Waals surface area contributed by atoms with Gasteiger partial charge in [0.05, 0.1) is 13.7 Å². The Hall–Kier alpha value is -2.38. The van der Waals surface area contributed by atoms with E-state index in [0.717, 1.165) is 49.1 Å². The van der Waals surface area contributed by atoms with Crippen LogP contribution in [-0.4, -0.2) is 51.6 Å². The second-order valence-corrected chi connectivity index (χ2v) is 6.05. The molecule has 0 saturated heterocycles. The third kappa shape index (κ3) is 2.76. The highest BCUT2D eigenvalue weighted by Gasteiger charge is 2.22. The molecule has 24 heavy (non-hydrogen) atoms. The smallest absolute Gasteiger partial charge is 0.158 e. The van der Waals surface area contributed by atoms with Crippen LogP contribution >= 0.6 is 0 Å². The van der Waals surface area contributed by atoms with E-state index in [0.29, 0.717) is 12.4 Å². The van der Waals surface area contributed by atoms with E-state index in [1.54, 1.807) is 7.11 Å². The number of ether oxygens (including phenoxy) is 2. The van der Waals surface area contributed by atoms with Crippen LogP contribution in [-0.2, 0) is 19.7 Å². The molecule has 1 aromatic heterocycles. The van der Waals surface area contributed by atoms with Crippen LogP contribution in [0, 0.1) is 0 Å². The summed E-state index contributed by atoms with van der Waals surface area (Å²) < 4.78 is 13.1. The Bertz CT molecular complexity index is 784. The molecule has 1 aromatic carbocycles. The number of aromatic nitrogens is 3. The molecule has 2 aliphatic rings. The van der Waals surface area contributed by atoms with Gasteiger partial charge in [0.2, 0.25) is 0 Å². The van der Waals surface area contributed by atoms with Crippen LogP contribution in [0.1, 0.15) is 17.2 Å². The molecule has 0 atom stereocenters. The first-order valence-corrected chi connectivity index (χ1v) is 8.01. The van der Waals surface area contributed by atoms with E-state index < -0.39 is 0 Å². The molecule has 0 fully saturated rings. The maximum absolute atomic E-state index is 9.27. The van der Waals surface area contributed by atoms with Crippen LogP contribution in [0.3, 0.4) is 0 Å². The van der Waals surface area contributed by atoms with E-state index >= 15 is 0 Å². The fourth-order valence-corrected chi connectivity index (χ4v) is 3.23. The molecule has 7 heteroatoms. The van der Waals surface area contributed by atoms with Gasteiger partial charge in [-0.15, -0.1) is 10.2 Å². The molecule has 0 amide bonds. The van der Waals surface area contributed by atoms with Crippen LogP contribution in [0.4, 0.5) is 0 Å². The highest BCUT2D eigenvalue weighted by Crippen LogP contribution is 2.30. The highest BCUT2D eigenvalue weighted by atomic mass is 16.5. The van der Waals surface area contributed by atoms with Crippen molar-refractivity contribution in [3.05, 3.63) is 41.0 Å². The fraction of sp³-hybridized carbons (Fsp3) is 0.412. The lowest BCUT2D eigenvalue weighted by Crippen LogP contribution is -2.36. The van der Waals surface area contributed by atoms with Gasteiger partial charge in [-0.05, 0) is 29.8 Å². The number of fused-ring (bicyclic) bond motifs is 2. The number of hydrogen-bond acceptors (Lipinski definition) is 6. The van der Waals surface area contributed by atoms with Crippen molar-refractivity contribution in [2.24, 2.45) is 0 Å². The maximum atomic E-state index is 9.27. The van der Waals surface area contributed by atoms with Crippen LogP contribution < -0.4 is 9.47 Å². The van der Waals surface area contributed by atoms with E-state index in [9.17, 15) is 5.11 Å². The van der Waals surface area contributed by atoms with Crippen molar-refractivity contribution in [1.82, 2.24) is 19.7 Å². The van der Waals surface area contributed by atoms with Gasteiger partial charge in [-0.2, -0.15) is 0 Å². The Morgan fingerprint density at radius 3 is 3.04 bits per heavy atom. The summed E-state index contributed by atoms with van der Waals surface area (Å²) in [6, 6.07) is 5.85. The van der Waals surface area contributed by atoms with Gasteiger partial charge >= 0.3 is 0 Å². The topological polar surface area (TPSA) is 72.6 Å². The Morgan fingerprint density at radius 2 is 2.21 bits per heavy atom. The number of hydrogen-bond donors (Lipinski definition) is 1. The Kier molecular flexibility index (Phi) is 3.95. The summed E-state index contributed by atoms with van der Waals surface area (Å²) in [6.07, 6.45) is 2.18. The van der Waals surface area contributed by atoms with Crippen molar-refractivity contribution < 1.29 is 14.6 Å². The zero-order valence-corrected chi connectivity index (χ0v) is 13.6. The van der Waals surface area contributed by atoms with E-state index in [4.69, 9.17) is 9.47 Å². The number of aliphatic hydroxyl groups is 1. The quantitative estimate of drug-likeness (QED) is 0.905. The minimum atomic E-state index is -0.0649. The molecule has 3 heterocycles. The van der Waals surface area contributed by atoms with Crippen LogP contribution in [0.5, 0.6) is 11.5 Å². The molecule has 0 bridgehead atoms. The second kappa shape index (κ2) is 6.26. The molecule has 126 valence electrons. The maximum Gasteiger partial charge on any atom is 0.158 e. The van der Waals surface area contributed by atoms with Gasteiger partial charge in [0.25, 0.3) is 0 Å². The monoisotopic (exact) mass is 328 g/mol. The van der Waals surface area contributed by atoms with E-state index in [2.05, 4.69) is 21.2 Å². The summed E-state index contributed by atoms with van der Waals surface area (Å²) in [5.74, 6) is 3.28. The molecular formula is C17H20N4O3. The number of aliphatic hydroxyl groups excluding tert-OH is 1. The fourth-order valence-electron chi connectivity index (χ4n) is 3.23. The summed E-state index contributed by atoms with van der Waals surface area (Å²) in [7, 11) is 1.67. The zero-order valence-electron chi connectivity index (χ0n) is 13.6. The predicted molar refractivity (Wildman–Crippen MR) is 87.7 cm³/mol. The molecule has 0 spiro atoms. The van der Waals surface area contributed by atoms with Gasteiger partial charge in [-0.1, -0.05) is 0 Å². The molecule has 0 unspecified atom stereocenters. The zero-order chi connectivity index (χ0) is 16.5. The summed E-state index contributed by atoms with van der Waals surface area (Å²) in [5.41, 5.74) is 2.28. The lowest BCUT2D eigenvalue weighted by atomic mass is 10.1. The first kappa shape index (κ1) is 15.2. The Balaban J connectivity index is 1.49. The Labute approximate surface area is 140 Å². The largest absolute Gasteiger partial charge is 0.497 e. The lowest BCUT2D eigenvalue weighted by Gasteiger charge is -2.29. The second-order valence-electron chi connectivity index (χ2n) is 6.05. The number of benzene rings is 1. The number of nitrogens with zero attached hydrogens (tertiary/aromatic N) is 4. The normalized spacial score (nSPS) is 16.8. The van der Waals surface area contributed by atoms with Crippen molar-refractivity contribution in [3.8, 4) is 11.5 Å². The van der Waals surface area contributed by atoms with Crippen molar-refractivity contribution in [2.75, 3.05) is 26.8 Å². The molecular weight excluding hydrogens is 308 g/mol. The number of rotatable bonds is 4. The molecule has 7 nitrogen and oxygen atoms in total. The van der Waals surface area contributed by atoms with Crippen molar-refractivity contribution in [1.29, 1.82) is 0 Å². The summed E-state index contributed by atoms with van der Waals surface area (Å²) in [5, 5.41) is 17.5. The molecule has 0 aliphatic carbocycles. The summed E-state index contributed by atoms with van der Waals surface area (Å²) in [4.78, 5) is 2.32. The lowest BCUT2D eigenvalue weighted by molar-refractivity contribution is 0.212. The van der Waals surface area contributed by atoms with Crippen molar-refractivity contribution >= 4 is 6.08 Å². The van der Waals surface area contributed by atoms with Crippen molar-refractivity contribution in [2.45, 2.75) is 19.7 Å². The third-order valence-corrected chi connectivity index (χ3v) is 4.47. The predicted octanol–water partition coefficient (Wildman–Crippen LogP) is 1.07. The van der Waals surface area contributed by atoms with Crippen LogP contribution in [0.2, 0.25) is 0 Å². The molecule has 0 radical (unpaired) electrons. The van der Waals surface area contributed by atoms with Crippen molar-refractivity contribution in [3.63, 3.8) is 0 Å². The van der Waals surface area contributed by atoms with Gasteiger partial charge in [-0.3, -0.25) is 4.90 Å². The number of methoxy groups -OCH3 is 1.